The van der Waals surface area contributed by atoms with E-state index in [4.69, 9.17) is 14.2 Å². The number of hydrogen-bond donors (Lipinski definition) is 1. The second-order valence-corrected chi connectivity index (χ2v) is 9.07. The Bertz CT molecular complexity index is 1140. The Morgan fingerprint density at radius 2 is 1.81 bits per heavy atom. The molecular weight excluding hydrogens is 479 g/mol. The van der Waals surface area contributed by atoms with Gasteiger partial charge in [-0.15, -0.1) is 0 Å². The van der Waals surface area contributed by atoms with Gasteiger partial charge in [0.05, 0.1) is 38.5 Å². The van der Waals surface area contributed by atoms with E-state index in [1.54, 1.807) is 18.2 Å². The normalized spacial score (nSPS) is 19.9. The largest absolute Gasteiger partial charge is 0.507 e. The van der Waals surface area contributed by atoms with E-state index in [1.165, 1.54) is 36.3 Å². The smallest absolute Gasteiger partial charge is 0.295 e. The molecule has 1 atom stereocenters. The molecule has 0 radical (unpaired) electrons. The molecule has 0 spiro atoms. The highest BCUT2D eigenvalue weighted by Crippen LogP contribution is 2.42. The van der Waals surface area contributed by atoms with Crippen LogP contribution in [-0.4, -0.2) is 79.7 Å². The highest BCUT2D eigenvalue weighted by atomic mass is 19.1. The molecule has 9 heteroatoms. The predicted octanol–water partition coefficient (Wildman–Crippen LogP) is 3.77. The van der Waals surface area contributed by atoms with Crippen molar-refractivity contribution in [2.45, 2.75) is 25.8 Å². The SMILES string of the molecule is CCCOc1ccc([C@@H]2/C(=C(\O)c3ccc(F)cc3)C(=O)C(=O)N2CCCN2CCOCC2)cc1OC. The topological polar surface area (TPSA) is 88.5 Å². The van der Waals surface area contributed by atoms with Crippen LogP contribution in [-0.2, 0) is 14.3 Å². The zero-order valence-corrected chi connectivity index (χ0v) is 21.2. The van der Waals surface area contributed by atoms with Crippen molar-refractivity contribution in [1.82, 2.24) is 9.80 Å². The van der Waals surface area contributed by atoms with Crippen molar-refractivity contribution in [2.24, 2.45) is 0 Å². The van der Waals surface area contributed by atoms with Crippen molar-refractivity contribution in [1.29, 1.82) is 0 Å². The average molecular weight is 513 g/mol. The molecule has 2 fully saturated rings. The zero-order valence-electron chi connectivity index (χ0n) is 21.2. The van der Waals surface area contributed by atoms with Crippen LogP contribution in [0.25, 0.3) is 5.76 Å². The van der Waals surface area contributed by atoms with Gasteiger partial charge in [0.15, 0.2) is 11.5 Å². The number of amides is 1. The van der Waals surface area contributed by atoms with Gasteiger partial charge in [0.2, 0.25) is 0 Å². The molecule has 2 heterocycles. The summed E-state index contributed by atoms with van der Waals surface area (Å²) in [5.41, 5.74) is 0.828. The summed E-state index contributed by atoms with van der Waals surface area (Å²) in [5, 5.41) is 11.2. The van der Waals surface area contributed by atoms with E-state index in [0.29, 0.717) is 49.8 Å². The van der Waals surface area contributed by atoms with Crippen LogP contribution in [0.15, 0.2) is 48.0 Å². The Kier molecular flexibility index (Phi) is 8.78. The number of aliphatic hydroxyl groups is 1. The van der Waals surface area contributed by atoms with Gasteiger partial charge in [0, 0.05) is 31.7 Å². The average Bonchev–Trinajstić information content (AvgIpc) is 3.17. The molecule has 37 heavy (non-hydrogen) atoms. The Morgan fingerprint density at radius 1 is 1.08 bits per heavy atom. The fourth-order valence-corrected chi connectivity index (χ4v) is 4.70. The number of benzene rings is 2. The Morgan fingerprint density at radius 3 is 2.49 bits per heavy atom. The van der Waals surface area contributed by atoms with Crippen LogP contribution in [0.2, 0.25) is 0 Å². The minimum Gasteiger partial charge on any atom is -0.507 e. The maximum Gasteiger partial charge on any atom is 0.295 e. The number of nitrogens with zero attached hydrogens (tertiary/aromatic N) is 2. The van der Waals surface area contributed by atoms with E-state index in [2.05, 4.69) is 4.90 Å². The van der Waals surface area contributed by atoms with Gasteiger partial charge in [-0.2, -0.15) is 0 Å². The number of hydrogen-bond acceptors (Lipinski definition) is 7. The number of methoxy groups -OCH3 is 1. The summed E-state index contributed by atoms with van der Waals surface area (Å²) in [7, 11) is 1.52. The molecule has 2 saturated heterocycles. The Balaban J connectivity index is 1.70. The standard InChI is InChI=1S/C28H33FN2O6/c1-3-15-37-22-10-7-20(18-23(22)35-2)25-24(26(32)19-5-8-21(29)9-6-19)27(33)28(34)31(25)12-4-11-30-13-16-36-17-14-30/h5-10,18,25,32H,3-4,11-17H2,1-2H3/b26-24+/t25-/m1/s1. The molecule has 2 aliphatic rings. The summed E-state index contributed by atoms with van der Waals surface area (Å²) in [5.74, 6) is -1.25. The second-order valence-electron chi connectivity index (χ2n) is 9.07. The molecule has 2 aromatic carbocycles. The summed E-state index contributed by atoms with van der Waals surface area (Å²) in [6.07, 6.45) is 1.47. The number of carbonyl (C=O) groups excluding carboxylic acids is 2. The number of ketones is 1. The summed E-state index contributed by atoms with van der Waals surface area (Å²) in [6.45, 7) is 6.59. The lowest BCUT2D eigenvalue weighted by Gasteiger charge is -2.29. The first-order valence-electron chi connectivity index (χ1n) is 12.6. The lowest BCUT2D eigenvalue weighted by atomic mass is 9.95. The van der Waals surface area contributed by atoms with Crippen molar-refractivity contribution < 1.29 is 33.3 Å². The van der Waals surface area contributed by atoms with Crippen LogP contribution in [0.4, 0.5) is 4.39 Å². The van der Waals surface area contributed by atoms with E-state index in [-0.39, 0.29) is 16.9 Å². The first-order valence-corrected chi connectivity index (χ1v) is 12.6. The van der Waals surface area contributed by atoms with Crippen molar-refractivity contribution in [3.05, 3.63) is 65.0 Å². The van der Waals surface area contributed by atoms with Gasteiger partial charge in [0.1, 0.15) is 11.6 Å². The molecule has 0 unspecified atom stereocenters. The van der Waals surface area contributed by atoms with Gasteiger partial charge < -0.3 is 24.2 Å². The highest BCUT2D eigenvalue weighted by molar-refractivity contribution is 6.46. The number of rotatable bonds is 10. The molecule has 0 aliphatic carbocycles. The van der Waals surface area contributed by atoms with E-state index >= 15 is 0 Å². The van der Waals surface area contributed by atoms with Gasteiger partial charge in [0.25, 0.3) is 11.7 Å². The number of likely N-dealkylation sites (tertiary alicyclic amines) is 1. The summed E-state index contributed by atoms with van der Waals surface area (Å²) >= 11 is 0. The maximum absolute atomic E-state index is 13.5. The molecule has 198 valence electrons. The van der Waals surface area contributed by atoms with Crippen LogP contribution in [0.3, 0.4) is 0 Å². The van der Waals surface area contributed by atoms with Gasteiger partial charge in [-0.05, 0) is 54.8 Å². The van der Waals surface area contributed by atoms with E-state index in [9.17, 15) is 19.1 Å². The molecule has 1 N–H and O–H groups in total. The van der Waals surface area contributed by atoms with Gasteiger partial charge in [-0.3, -0.25) is 14.5 Å². The van der Waals surface area contributed by atoms with Crippen molar-refractivity contribution in [2.75, 3.05) is 53.1 Å². The minimum atomic E-state index is -0.830. The highest BCUT2D eigenvalue weighted by Gasteiger charge is 2.46. The lowest BCUT2D eigenvalue weighted by Crippen LogP contribution is -2.39. The summed E-state index contributed by atoms with van der Waals surface area (Å²) < 4.78 is 30.2. The number of Topliss-reactive ketones (excluding diaryl/α,β-unsaturated/α-hetero) is 1. The Hall–Kier alpha value is -3.43. The quantitative estimate of drug-likeness (QED) is 0.295. The number of ether oxygens (including phenoxy) is 3. The zero-order chi connectivity index (χ0) is 26.4. The molecule has 0 aromatic heterocycles. The lowest BCUT2D eigenvalue weighted by molar-refractivity contribution is -0.140. The first-order chi connectivity index (χ1) is 17.9. The third kappa shape index (κ3) is 5.94. The molecule has 1 amide bonds. The molecule has 4 rings (SSSR count). The van der Waals surface area contributed by atoms with E-state index < -0.39 is 23.5 Å². The third-order valence-corrected chi connectivity index (χ3v) is 6.60. The first kappa shape index (κ1) is 26.6. The van der Waals surface area contributed by atoms with Crippen LogP contribution in [0.1, 0.15) is 36.9 Å². The number of morpholine rings is 1. The van der Waals surface area contributed by atoms with Crippen LogP contribution >= 0.6 is 0 Å². The molecule has 2 aliphatic heterocycles. The number of carbonyl (C=O) groups is 2. The third-order valence-electron chi connectivity index (χ3n) is 6.60. The Labute approximate surface area is 216 Å². The van der Waals surface area contributed by atoms with Crippen molar-refractivity contribution in [3.63, 3.8) is 0 Å². The molecule has 0 saturated carbocycles. The van der Waals surface area contributed by atoms with Gasteiger partial charge in [-0.1, -0.05) is 13.0 Å². The summed E-state index contributed by atoms with van der Waals surface area (Å²) in [4.78, 5) is 30.2. The molecular formula is C28H33FN2O6. The van der Waals surface area contributed by atoms with Crippen LogP contribution in [0.5, 0.6) is 11.5 Å². The maximum atomic E-state index is 13.5. The van der Waals surface area contributed by atoms with Crippen molar-refractivity contribution in [3.8, 4) is 11.5 Å². The van der Waals surface area contributed by atoms with Crippen molar-refractivity contribution >= 4 is 17.4 Å². The van der Waals surface area contributed by atoms with E-state index in [1.807, 2.05) is 6.92 Å². The predicted molar refractivity (Wildman–Crippen MR) is 136 cm³/mol. The fraction of sp³-hybridized carbons (Fsp3) is 0.429. The fourth-order valence-electron chi connectivity index (χ4n) is 4.70. The van der Waals surface area contributed by atoms with Crippen LogP contribution in [0, 0.1) is 5.82 Å². The van der Waals surface area contributed by atoms with E-state index in [0.717, 1.165) is 26.1 Å². The number of halogens is 1. The van der Waals surface area contributed by atoms with Gasteiger partial charge >= 0.3 is 0 Å². The molecule has 2 aromatic rings. The number of aliphatic hydroxyl groups excluding tert-OH is 1. The second kappa shape index (κ2) is 12.2. The summed E-state index contributed by atoms with van der Waals surface area (Å²) in [6, 6.07) is 9.59. The molecule has 0 bridgehead atoms. The monoisotopic (exact) mass is 512 g/mol. The van der Waals surface area contributed by atoms with Gasteiger partial charge in [-0.25, -0.2) is 4.39 Å². The van der Waals surface area contributed by atoms with Crippen LogP contribution < -0.4 is 9.47 Å². The molecule has 8 nitrogen and oxygen atoms in total. The minimum absolute atomic E-state index is 0.0349.